The Bertz CT molecular complexity index is 676. The number of nitrogens with one attached hydrogen (secondary N) is 1. The molecule has 0 aliphatic heterocycles. The van der Waals surface area contributed by atoms with Gasteiger partial charge < -0.3 is 10.1 Å². The van der Waals surface area contributed by atoms with Gasteiger partial charge in [-0.2, -0.15) is 0 Å². The van der Waals surface area contributed by atoms with Gasteiger partial charge in [-0.15, -0.1) is 0 Å². The van der Waals surface area contributed by atoms with Crippen molar-refractivity contribution in [2.24, 2.45) is 0 Å². The van der Waals surface area contributed by atoms with Crippen molar-refractivity contribution < 1.29 is 4.74 Å². The Kier molecular flexibility index (Phi) is 7.99. The maximum atomic E-state index is 6.34. The van der Waals surface area contributed by atoms with Gasteiger partial charge in [0.2, 0.25) is 0 Å². The summed E-state index contributed by atoms with van der Waals surface area (Å²) >= 11 is 6.34. The zero-order valence-corrected chi connectivity index (χ0v) is 16.2. The van der Waals surface area contributed by atoms with Crippen molar-refractivity contribution in [2.75, 3.05) is 18.5 Å². The average molecular weight is 362 g/mol. The highest BCUT2D eigenvalue weighted by Gasteiger charge is 2.08. The fourth-order valence-corrected chi connectivity index (χ4v) is 2.94. The summed E-state index contributed by atoms with van der Waals surface area (Å²) in [7, 11) is 0. The van der Waals surface area contributed by atoms with Crippen LogP contribution in [0.4, 0.5) is 5.82 Å². The van der Waals surface area contributed by atoms with Gasteiger partial charge in [0.1, 0.15) is 29.5 Å². The first-order valence-electron chi connectivity index (χ1n) is 9.11. The summed E-state index contributed by atoms with van der Waals surface area (Å²) in [4.78, 5) is 8.44. The Morgan fingerprint density at radius 2 is 1.96 bits per heavy atom. The fourth-order valence-electron chi connectivity index (χ4n) is 2.68. The minimum atomic E-state index is 0.554. The fraction of sp³-hybridized carbons (Fsp3) is 0.500. The minimum absolute atomic E-state index is 0.554. The Balaban J connectivity index is 1.84. The lowest BCUT2D eigenvalue weighted by Gasteiger charge is -2.12. The number of hydrogen-bond acceptors (Lipinski definition) is 4. The molecule has 0 fully saturated rings. The van der Waals surface area contributed by atoms with Gasteiger partial charge in [-0.25, -0.2) is 9.97 Å². The number of unbranched alkanes of at least 4 members (excludes halogenated alkanes) is 1. The van der Waals surface area contributed by atoms with Gasteiger partial charge in [-0.3, -0.25) is 0 Å². The lowest BCUT2D eigenvalue weighted by Crippen LogP contribution is -2.13. The van der Waals surface area contributed by atoms with E-state index in [-0.39, 0.29) is 0 Å². The third-order valence-corrected chi connectivity index (χ3v) is 4.46. The van der Waals surface area contributed by atoms with Crippen LogP contribution in [-0.2, 0) is 12.8 Å². The number of rotatable bonds is 10. The van der Waals surface area contributed by atoms with E-state index in [0.29, 0.717) is 24.0 Å². The summed E-state index contributed by atoms with van der Waals surface area (Å²) < 4.78 is 5.89. The number of aryl methyl sites for hydroxylation is 3. The number of anilines is 1. The van der Waals surface area contributed by atoms with E-state index < -0.39 is 0 Å². The van der Waals surface area contributed by atoms with Crippen LogP contribution >= 0.6 is 11.6 Å². The number of aromatic nitrogens is 2. The molecule has 0 bridgehead atoms. The number of nitrogens with zero attached hydrogens (tertiary/aromatic N) is 2. The van der Waals surface area contributed by atoms with Gasteiger partial charge in [0.05, 0.1) is 12.2 Å². The molecule has 1 heterocycles. The minimum Gasteiger partial charge on any atom is -0.491 e. The zero-order chi connectivity index (χ0) is 18.1. The third-order valence-electron chi connectivity index (χ3n) is 4.06. The van der Waals surface area contributed by atoms with E-state index in [9.17, 15) is 0 Å². The predicted molar refractivity (Wildman–Crippen MR) is 105 cm³/mol. The van der Waals surface area contributed by atoms with Crippen molar-refractivity contribution in [3.63, 3.8) is 0 Å². The summed E-state index contributed by atoms with van der Waals surface area (Å²) in [6, 6.07) is 6.44. The molecule has 2 rings (SSSR count). The summed E-state index contributed by atoms with van der Waals surface area (Å²) in [6.07, 6.45) is 6.99. The van der Waals surface area contributed by atoms with Crippen molar-refractivity contribution in [3.8, 4) is 5.75 Å². The van der Waals surface area contributed by atoms with Gasteiger partial charge in [-0.05, 0) is 43.4 Å². The maximum absolute atomic E-state index is 6.34. The third kappa shape index (κ3) is 5.89. The lowest BCUT2D eigenvalue weighted by atomic mass is 10.1. The van der Waals surface area contributed by atoms with Crippen LogP contribution in [0.25, 0.3) is 0 Å². The molecule has 5 heteroatoms. The molecule has 0 unspecified atom stereocenters. The molecule has 0 spiro atoms. The van der Waals surface area contributed by atoms with Crippen LogP contribution in [0.15, 0.2) is 24.5 Å². The smallest absolute Gasteiger partial charge is 0.148 e. The second-order valence-corrected chi connectivity index (χ2v) is 6.59. The summed E-state index contributed by atoms with van der Waals surface area (Å²) in [5, 5.41) is 3.84. The highest BCUT2D eigenvalue weighted by atomic mass is 35.5. The molecule has 136 valence electrons. The number of halogens is 1. The molecular formula is C20H28ClN3O. The van der Waals surface area contributed by atoms with Crippen molar-refractivity contribution in [2.45, 2.75) is 52.9 Å². The molecule has 1 aromatic heterocycles. The molecule has 1 aromatic carbocycles. The average Bonchev–Trinajstić information content (AvgIpc) is 2.61. The van der Waals surface area contributed by atoms with Crippen LogP contribution in [0.1, 0.15) is 49.9 Å². The summed E-state index contributed by atoms with van der Waals surface area (Å²) in [6.45, 7) is 7.61. The SMILES string of the molecule is CCCCc1ccc(OCCNc2ncnc(CCC)c2Cl)c(C)c1. The normalized spacial score (nSPS) is 10.7. The molecule has 0 aliphatic rings. The molecule has 1 N–H and O–H groups in total. The zero-order valence-electron chi connectivity index (χ0n) is 15.4. The van der Waals surface area contributed by atoms with Crippen LogP contribution in [0.5, 0.6) is 5.75 Å². The molecular weight excluding hydrogens is 334 g/mol. The molecule has 0 radical (unpaired) electrons. The molecule has 0 amide bonds. The highest BCUT2D eigenvalue weighted by molar-refractivity contribution is 6.33. The first-order valence-corrected chi connectivity index (χ1v) is 9.49. The van der Waals surface area contributed by atoms with Crippen molar-refractivity contribution >= 4 is 17.4 Å². The lowest BCUT2D eigenvalue weighted by molar-refractivity contribution is 0.330. The van der Waals surface area contributed by atoms with Gasteiger partial charge in [0.15, 0.2) is 0 Å². The first-order chi connectivity index (χ1) is 12.2. The molecule has 4 nitrogen and oxygen atoms in total. The maximum Gasteiger partial charge on any atom is 0.148 e. The Morgan fingerprint density at radius 3 is 2.68 bits per heavy atom. The van der Waals surface area contributed by atoms with Crippen molar-refractivity contribution in [1.29, 1.82) is 0 Å². The number of benzene rings is 1. The molecule has 0 atom stereocenters. The second kappa shape index (κ2) is 10.2. The quantitative estimate of drug-likeness (QED) is 0.589. The molecule has 0 saturated carbocycles. The van der Waals surface area contributed by atoms with Gasteiger partial charge in [0, 0.05) is 0 Å². The van der Waals surface area contributed by atoms with E-state index >= 15 is 0 Å². The standard InChI is InChI=1S/C20H28ClN3O/c1-4-6-8-16-9-10-18(15(3)13-16)25-12-11-22-20-19(21)17(7-5-2)23-14-24-20/h9-10,13-14H,4-8,11-12H2,1-3H3,(H,22,23,24). The van der Waals surface area contributed by atoms with E-state index in [4.69, 9.17) is 16.3 Å². The Labute approximate surface area is 156 Å². The van der Waals surface area contributed by atoms with E-state index in [1.807, 2.05) is 0 Å². The van der Waals surface area contributed by atoms with E-state index in [2.05, 4.69) is 54.3 Å². The highest BCUT2D eigenvalue weighted by Crippen LogP contribution is 2.23. The molecule has 25 heavy (non-hydrogen) atoms. The molecule has 0 aliphatic carbocycles. The Hall–Kier alpha value is -1.81. The number of ether oxygens (including phenoxy) is 1. The van der Waals surface area contributed by atoms with Crippen LogP contribution in [0.2, 0.25) is 5.02 Å². The topological polar surface area (TPSA) is 47.0 Å². The number of hydrogen-bond donors (Lipinski definition) is 1. The van der Waals surface area contributed by atoms with E-state index in [0.717, 1.165) is 30.7 Å². The van der Waals surface area contributed by atoms with Gasteiger partial charge >= 0.3 is 0 Å². The second-order valence-electron chi connectivity index (χ2n) is 6.21. The Morgan fingerprint density at radius 1 is 1.12 bits per heavy atom. The van der Waals surface area contributed by atoms with Crippen molar-refractivity contribution in [1.82, 2.24) is 9.97 Å². The summed E-state index contributed by atoms with van der Waals surface area (Å²) in [5.41, 5.74) is 3.45. The van der Waals surface area contributed by atoms with Crippen molar-refractivity contribution in [3.05, 3.63) is 46.4 Å². The van der Waals surface area contributed by atoms with Gasteiger partial charge in [0.25, 0.3) is 0 Å². The van der Waals surface area contributed by atoms with Crippen LogP contribution in [-0.4, -0.2) is 23.1 Å². The predicted octanol–water partition coefficient (Wildman–Crippen LogP) is 5.22. The molecule has 0 saturated heterocycles. The summed E-state index contributed by atoms with van der Waals surface area (Å²) in [5.74, 6) is 1.61. The van der Waals surface area contributed by atoms with Crippen LogP contribution < -0.4 is 10.1 Å². The first kappa shape index (κ1) is 19.5. The molecule has 2 aromatic rings. The van der Waals surface area contributed by atoms with Crippen LogP contribution in [0, 0.1) is 6.92 Å². The van der Waals surface area contributed by atoms with E-state index in [1.165, 1.54) is 24.0 Å². The monoisotopic (exact) mass is 361 g/mol. The largest absolute Gasteiger partial charge is 0.491 e. The van der Waals surface area contributed by atoms with Gasteiger partial charge in [-0.1, -0.05) is 50.4 Å². The van der Waals surface area contributed by atoms with E-state index in [1.54, 1.807) is 6.33 Å². The van der Waals surface area contributed by atoms with Crippen LogP contribution in [0.3, 0.4) is 0 Å².